The lowest BCUT2D eigenvalue weighted by Crippen LogP contribution is -2.23. The van der Waals surface area contributed by atoms with Crippen molar-refractivity contribution in [3.63, 3.8) is 0 Å². The quantitative estimate of drug-likeness (QED) is 0.784. The van der Waals surface area contributed by atoms with E-state index in [4.69, 9.17) is 16.7 Å². The highest BCUT2D eigenvalue weighted by Crippen LogP contribution is 2.25. The van der Waals surface area contributed by atoms with E-state index in [1.807, 2.05) is 35.7 Å². The van der Waals surface area contributed by atoms with E-state index in [2.05, 4.69) is 21.2 Å². The van der Waals surface area contributed by atoms with Crippen molar-refractivity contribution in [1.29, 1.82) is 0 Å². The Labute approximate surface area is 134 Å². The second-order valence-electron chi connectivity index (χ2n) is 4.28. The Bertz CT molecular complexity index is 589. The minimum absolute atomic E-state index is 0.0503. The lowest BCUT2D eigenvalue weighted by Gasteiger charge is -2.16. The van der Waals surface area contributed by atoms with E-state index >= 15 is 0 Å². The van der Waals surface area contributed by atoms with Crippen molar-refractivity contribution < 1.29 is 9.90 Å². The molecular weight excluding hydrogens is 362 g/mol. The van der Waals surface area contributed by atoms with Crippen LogP contribution in [-0.2, 0) is 11.3 Å². The lowest BCUT2D eigenvalue weighted by atomic mass is 10.1. The zero-order chi connectivity index (χ0) is 14.5. The summed E-state index contributed by atoms with van der Waals surface area (Å²) >= 11 is 11.1. The highest BCUT2D eigenvalue weighted by atomic mass is 79.9. The van der Waals surface area contributed by atoms with Gasteiger partial charge in [0.15, 0.2) is 0 Å². The molecule has 0 saturated carbocycles. The Morgan fingerprint density at radius 2 is 2.25 bits per heavy atom. The number of halogens is 2. The van der Waals surface area contributed by atoms with Crippen molar-refractivity contribution in [3.8, 4) is 0 Å². The first kappa shape index (κ1) is 15.5. The van der Waals surface area contributed by atoms with E-state index < -0.39 is 5.97 Å². The molecule has 1 aromatic heterocycles. The van der Waals surface area contributed by atoms with E-state index in [0.29, 0.717) is 11.6 Å². The van der Waals surface area contributed by atoms with Gasteiger partial charge in [-0.2, -0.15) is 0 Å². The van der Waals surface area contributed by atoms with Crippen molar-refractivity contribution >= 4 is 44.8 Å². The number of aliphatic carboxylic acids is 1. The number of hydrogen-bond donors (Lipinski definition) is 2. The molecule has 1 aromatic carbocycles. The lowest BCUT2D eigenvalue weighted by molar-refractivity contribution is -0.137. The molecule has 2 aromatic rings. The molecular formula is C14H13BrClNO2S. The number of benzene rings is 1. The zero-order valence-electron chi connectivity index (χ0n) is 10.5. The van der Waals surface area contributed by atoms with Gasteiger partial charge in [0.25, 0.3) is 0 Å². The molecule has 0 aliphatic rings. The Kier molecular flexibility index (Phi) is 5.60. The van der Waals surface area contributed by atoms with Crippen LogP contribution in [0.25, 0.3) is 0 Å². The van der Waals surface area contributed by atoms with Gasteiger partial charge < -0.3 is 10.4 Å². The van der Waals surface area contributed by atoms with Gasteiger partial charge in [-0.05, 0) is 29.1 Å². The molecule has 0 spiro atoms. The molecule has 106 valence electrons. The maximum absolute atomic E-state index is 11.0. The fraction of sp³-hybridized carbons (Fsp3) is 0.214. The van der Waals surface area contributed by atoms with Gasteiger partial charge in [0, 0.05) is 20.9 Å². The van der Waals surface area contributed by atoms with Gasteiger partial charge in [0.1, 0.15) is 0 Å². The summed E-state index contributed by atoms with van der Waals surface area (Å²) in [6.07, 6.45) is 0.0503. The molecule has 1 heterocycles. The third-order valence-electron chi connectivity index (χ3n) is 2.82. The van der Waals surface area contributed by atoms with Crippen LogP contribution in [0.1, 0.15) is 22.9 Å². The number of carbonyl (C=O) groups is 1. The molecule has 0 amide bonds. The summed E-state index contributed by atoms with van der Waals surface area (Å²) in [5, 5.41) is 14.9. The number of rotatable bonds is 6. The fourth-order valence-electron chi connectivity index (χ4n) is 1.84. The van der Waals surface area contributed by atoms with Crippen molar-refractivity contribution in [1.82, 2.24) is 5.32 Å². The SMILES string of the molecule is O=C(O)CC(NCc1ccc(Br)cc1Cl)c1cccs1. The number of nitrogens with one attached hydrogen (secondary N) is 1. The van der Waals surface area contributed by atoms with Crippen molar-refractivity contribution in [3.05, 3.63) is 55.6 Å². The Morgan fingerprint density at radius 1 is 1.45 bits per heavy atom. The summed E-state index contributed by atoms with van der Waals surface area (Å²) in [6.45, 7) is 0.530. The predicted octanol–water partition coefficient (Wildman–Crippen LogP) is 4.47. The third kappa shape index (κ3) is 4.31. The fourth-order valence-corrected chi connectivity index (χ4v) is 3.38. The average Bonchev–Trinajstić information content (AvgIpc) is 2.89. The van der Waals surface area contributed by atoms with E-state index in [0.717, 1.165) is 14.9 Å². The molecule has 1 unspecified atom stereocenters. The molecule has 0 fully saturated rings. The highest BCUT2D eigenvalue weighted by Gasteiger charge is 2.16. The molecule has 0 radical (unpaired) electrons. The first-order chi connectivity index (χ1) is 9.56. The minimum Gasteiger partial charge on any atom is -0.481 e. The first-order valence-electron chi connectivity index (χ1n) is 5.99. The van der Waals surface area contributed by atoms with Crippen LogP contribution in [0.15, 0.2) is 40.2 Å². The van der Waals surface area contributed by atoms with Gasteiger partial charge in [0.2, 0.25) is 0 Å². The maximum atomic E-state index is 11.0. The number of thiophene rings is 1. The monoisotopic (exact) mass is 373 g/mol. The summed E-state index contributed by atoms with van der Waals surface area (Å²) in [6, 6.07) is 9.33. The molecule has 0 saturated heterocycles. The first-order valence-corrected chi connectivity index (χ1v) is 8.04. The highest BCUT2D eigenvalue weighted by molar-refractivity contribution is 9.10. The molecule has 6 heteroatoms. The molecule has 0 bridgehead atoms. The van der Waals surface area contributed by atoms with E-state index in [-0.39, 0.29) is 12.5 Å². The zero-order valence-corrected chi connectivity index (χ0v) is 13.6. The molecule has 0 aliphatic carbocycles. The van der Waals surface area contributed by atoms with Gasteiger partial charge in [-0.15, -0.1) is 11.3 Å². The van der Waals surface area contributed by atoms with Gasteiger partial charge in [0.05, 0.1) is 12.5 Å². The van der Waals surface area contributed by atoms with Gasteiger partial charge in [-0.25, -0.2) is 0 Å². The maximum Gasteiger partial charge on any atom is 0.305 e. The van der Waals surface area contributed by atoms with Crippen LogP contribution in [0, 0.1) is 0 Å². The van der Waals surface area contributed by atoms with E-state index in [1.54, 1.807) is 11.3 Å². The van der Waals surface area contributed by atoms with Crippen LogP contribution in [0.4, 0.5) is 0 Å². The molecule has 2 rings (SSSR count). The van der Waals surface area contributed by atoms with Crippen molar-refractivity contribution in [2.75, 3.05) is 0 Å². The van der Waals surface area contributed by atoms with Crippen LogP contribution >= 0.6 is 38.9 Å². The van der Waals surface area contributed by atoms with E-state index in [1.165, 1.54) is 0 Å². The standard InChI is InChI=1S/C14H13BrClNO2S/c15-10-4-3-9(11(16)6-10)8-17-12(7-14(18)19)13-2-1-5-20-13/h1-6,12,17H,7-8H2,(H,18,19). The average molecular weight is 375 g/mol. The molecule has 20 heavy (non-hydrogen) atoms. The molecule has 0 aliphatic heterocycles. The summed E-state index contributed by atoms with van der Waals surface area (Å²) in [4.78, 5) is 12.0. The summed E-state index contributed by atoms with van der Waals surface area (Å²) < 4.78 is 0.923. The largest absolute Gasteiger partial charge is 0.481 e. The van der Waals surface area contributed by atoms with Crippen LogP contribution in [0.5, 0.6) is 0 Å². The molecule has 1 atom stereocenters. The van der Waals surface area contributed by atoms with Crippen molar-refractivity contribution in [2.24, 2.45) is 0 Å². The van der Waals surface area contributed by atoms with Gasteiger partial charge >= 0.3 is 5.97 Å². The van der Waals surface area contributed by atoms with E-state index in [9.17, 15) is 4.79 Å². The number of carboxylic acid groups (broad SMARTS) is 1. The Hall–Kier alpha value is -0.880. The Balaban J connectivity index is 2.07. The smallest absolute Gasteiger partial charge is 0.305 e. The van der Waals surface area contributed by atoms with Crippen LogP contribution < -0.4 is 5.32 Å². The molecule has 2 N–H and O–H groups in total. The number of hydrogen-bond acceptors (Lipinski definition) is 3. The predicted molar refractivity (Wildman–Crippen MR) is 85.3 cm³/mol. The van der Waals surface area contributed by atoms with Crippen LogP contribution in [0.3, 0.4) is 0 Å². The third-order valence-corrected chi connectivity index (χ3v) is 4.65. The van der Waals surface area contributed by atoms with Crippen LogP contribution in [0.2, 0.25) is 5.02 Å². The normalized spacial score (nSPS) is 12.3. The summed E-state index contributed by atoms with van der Waals surface area (Å²) in [7, 11) is 0. The second kappa shape index (κ2) is 7.22. The summed E-state index contributed by atoms with van der Waals surface area (Å²) in [5.41, 5.74) is 0.946. The second-order valence-corrected chi connectivity index (χ2v) is 6.58. The van der Waals surface area contributed by atoms with Gasteiger partial charge in [-0.3, -0.25) is 4.79 Å². The summed E-state index contributed by atoms with van der Waals surface area (Å²) in [5.74, 6) is -0.821. The number of carboxylic acids is 1. The topological polar surface area (TPSA) is 49.3 Å². The van der Waals surface area contributed by atoms with Crippen LogP contribution in [-0.4, -0.2) is 11.1 Å². The molecule has 3 nitrogen and oxygen atoms in total. The van der Waals surface area contributed by atoms with Crippen molar-refractivity contribution in [2.45, 2.75) is 19.0 Å². The Morgan fingerprint density at radius 3 is 2.85 bits per heavy atom. The van der Waals surface area contributed by atoms with Gasteiger partial charge in [-0.1, -0.05) is 39.7 Å². The minimum atomic E-state index is -0.821.